The Morgan fingerprint density at radius 3 is 1.90 bits per heavy atom. The molecule has 31 heavy (non-hydrogen) atoms. The average Bonchev–Trinajstić information content (AvgIpc) is 2.83. The van der Waals surface area contributed by atoms with Crippen molar-refractivity contribution in [3.63, 3.8) is 0 Å². The van der Waals surface area contributed by atoms with Crippen LogP contribution in [0.1, 0.15) is 21.5 Å². The molecule has 1 amide bonds. The van der Waals surface area contributed by atoms with Crippen LogP contribution >= 0.6 is 0 Å². The normalized spacial score (nSPS) is 13.6. The molecular weight excluding hydrogens is 397 g/mol. The summed E-state index contributed by atoms with van der Waals surface area (Å²) >= 11 is 0. The summed E-state index contributed by atoms with van der Waals surface area (Å²) in [5, 5.41) is 0. The molecule has 1 fully saturated rings. The van der Waals surface area contributed by atoms with Gasteiger partial charge in [0.1, 0.15) is 19.0 Å². The molecular formula is C25H24FNO4. The predicted octanol–water partition coefficient (Wildman–Crippen LogP) is 4.46. The van der Waals surface area contributed by atoms with Crippen LogP contribution in [0.3, 0.4) is 0 Å². The first-order valence-corrected chi connectivity index (χ1v) is 10.2. The summed E-state index contributed by atoms with van der Waals surface area (Å²) < 4.78 is 32.0. The molecule has 0 bridgehead atoms. The highest BCUT2D eigenvalue weighted by Gasteiger charge is 2.24. The summed E-state index contributed by atoms with van der Waals surface area (Å²) in [4.78, 5) is 14.5. The van der Waals surface area contributed by atoms with E-state index < -0.39 is 5.82 Å². The van der Waals surface area contributed by atoms with Crippen LogP contribution in [-0.4, -0.2) is 37.1 Å². The van der Waals surface area contributed by atoms with E-state index in [-0.39, 0.29) is 30.4 Å². The molecule has 0 unspecified atom stereocenters. The van der Waals surface area contributed by atoms with E-state index in [9.17, 15) is 9.18 Å². The van der Waals surface area contributed by atoms with E-state index in [1.165, 1.54) is 12.1 Å². The molecule has 0 spiro atoms. The Morgan fingerprint density at radius 2 is 1.35 bits per heavy atom. The van der Waals surface area contributed by atoms with E-state index in [0.717, 1.165) is 11.1 Å². The molecule has 0 aromatic heterocycles. The van der Waals surface area contributed by atoms with Crippen LogP contribution in [0, 0.1) is 5.82 Å². The minimum Gasteiger partial charge on any atom is -0.485 e. The number of carbonyl (C=O) groups excluding carboxylic acids is 1. The SMILES string of the molecule is O=C(c1cc(OCc2ccccc2)c(OCc2ccccc2)cc1F)N1CCOCC1. The standard InChI is InChI=1S/C25H24FNO4/c26-22-16-24(31-18-20-9-5-2-6-10-20)23(30-17-19-7-3-1-4-8-19)15-21(22)25(28)27-11-13-29-14-12-27/h1-10,15-16H,11-14,17-18H2. The summed E-state index contributed by atoms with van der Waals surface area (Å²) in [6.45, 7) is 2.31. The third-order valence-corrected chi connectivity index (χ3v) is 5.04. The number of ether oxygens (including phenoxy) is 3. The Balaban J connectivity index is 1.58. The lowest BCUT2D eigenvalue weighted by Crippen LogP contribution is -2.41. The van der Waals surface area contributed by atoms with E-state index in [1.54, 1.807) is 4.90 Å². The number of halogens is 1. The van der Waals surface area contributed by atoms with Crippen LogP contribution < -0.4 is 9.47 Å². The van der Waals surface area contributed by atoms with Gasteiger partial charge in [0.15, 0.2) is 11.5 Å². The van der Waals surface area contributed by atoms with Crippen molar-refractivity contribution in [2.24, 2.45) is 0 Å². The number of rotatable bonds is 7. The van der Waals surface area contributed by atoms with Crippen molar-refractivity contribution in [3.05, 3.63) is 95.3 Å². The van der Waals surface area contributed by atoms with Gasteiger partial charge in [-0.05, 0) is 17.2 Å². The zero-order valence-electron chi connectivity index (χ0n) is 17.1. The molecule has 0 N–H and O–H groups in total. The second-order valence-corrected chi connectivity index (χ2v) is 7.23. The predicted molar refractivity (Wildman–Crippen MR) is 115 cm³/mol. The zero-order valence-corrected chi connectivity index (χ0v) is 17.1. The van der Waals surface area contributed by atoms with E-state index in [1.807, 2.05) is 60.7 Å². The molecule has 0 aliphatic carbocycles. The lowest BCUT2D eigenvalue weighted by molar-refractivity contribution is 0.0299. The number of amides is 1. The van der Waals surface area contributed by atoms with Crippen molar-refractivity contribution >= 4 is 5.91 Å². The van der Waals surface area contributed by atoms with E-state index >= 15 is 0 Å². The number of morpholine rings is 1. The molecule has 4 rings (SSSR count). The molecule has 3 aromatic carbocycles. The van der Waals surface area contributed by atoms with Crippen molar-refractivity contribution in [3.8, 4) is 11.5 Å². The minimum atomic E-state index is -0.633. The Kier molecular flexibility index (Phi) is 6.79. The molecule has 5 nitrogen and oxygen atoms in total. The molecule has 1 saturated heterocycles. The highest BCUT2D eigenvalue weighted by molar-refractivity contribution is 5.95. The van der Waals surface area contributed by atoms with Gasteiger partial charge in [-0.15, -0.1) is 0 Å². The third kappa shape index (κ3) is 5.41. The topological polar surface area (TPSA) is 48.0 Å². The van der Waals surface area contributed by atoms with Crippen LogP contribution in [-0.2, 0) is 18.0 Å². The fourth-order valence-electron chi connectivity index (χ4n) is 3.33. The maximum absolute atomic E-state index is 14.9. The van der Waals surface area contributed by atoms with Gasteiger partial charge in [0.25, 0.3) is 5.91 Å². The van der Waals surface area contributed by atoms with Crippen LogP contribution in [0.4, 0.5) is 4.39 Å². The van der Waals surface area contributed by atoms with Gasteiger partial charge in [0, 0.05) is 19.2 Å². The van der Waals surface area contributed by atoms with Crippen molar-refractivity contribution in [2.45, 2.75) is 13.2 Å². The highest BCUT2D eigenvalue weighted by Crippen LogP contribution is 2.32. The van der Waals surface area contributed by atoms with Gasteiger partial charge >= 0.3 is 0 Å². The van der Waals surface area contributed by atoms with Crippen molar-refractivity contribution in [1.82, 2.24) is 4.90 Å². The van der Waals surface area contributed by atoms with Gasteiger partial charge in [-0.25, -0.2) is 4.39 Å². The first-order valence-electron chi connectivity index (χ1n) is 10.2. The first-order chi connectivity index (χ1) is 15.2. The summed E-state index contributed by atoms with van der Waals surface area (Å²) in [6.07, 6.45) is 0. The summed E-state index contributed by atoms with van der Waals surface area (Å²) in [7, 11) is 0. The molecule has 0 saturated carbocycles. The number of nitrogens with zero attached hydrogens (tertiary/aromatic N) is 1. The molecule has 0 radical (unpaired) electrons. The molecule has 160 valence electrons. The number of hydrogen-bond donors (Lipinski definition) is 0. The van der Waals surface area contributed by atoms with Gasteiger partial charge < -0.3 is 19.1 Å². The van der Waals surface area contributed by atoms with Crippen LogP contribution in [0.15, 0.2) is 72.8 Å². The van der Waals surface area contributed by atoms with Gasteiger partial charge in [0.2, 0.25) is 0 Å². The summed E-state index contributed by atoms with van der Waals surface area (Å²) in [5.41, 5.74) is 1.88. The molecule has 1 heterocycles. The lowest BCUT2D eigenvalue weighted by Gasteiger charge is -2.27. The lowest BCUT2D eigenvalue weighted by atomic mass is 10.1. The zero-order chi connectivity index (χ0) is 21.5. The Morgan fingerprint density at radius 1 is 0.839 bits per heavy atom. The van der Waals surface area contributed by atoms with Crippen molar-refractivity contribution < 1.29 is 23.4 Å². The fraction of sp³-hybridized carbons (Fsp3) is 0.240. The quantitative estimate of drug-likeness (QED) is 0.565. The van der Waals surface area contributed by atoms with Crippen LogP contribution in [0.2, 0.25) is 0 Å². The van der Waals surface area contributed by atoms with Gasteiger partial charge in [-0.3, -0.25) is 4.79 Å². The molecule has 0 atom stereocenters. The Bertz CT molecular complexity index is 1000. The summed E-state index contributed by atoms with van der Waals surface area (Å²) in [6, 6.07) is 21.9. The van der Waals surface area contributed by atoms with Crippen molar-refractivity contribution in [2.75, 3.05) is 26.3 Å². The Labute approximate surface area is 181 Å². The van der Waals surface area contributed by atoms with Gasteiger partial charge in [-0.2, -0.15) is 0 Å². The first kappa shape index (κ1) is 20.9. The maximum atomic E-state index is 14.9. The molecule has 1 aliphatic rings. The minimum absolute atomic E-state index is 0.0305. The molecule has 1 aliphatic heterocycles. The van der Waals surface area contributed by atoms with Crippen LogP contribution in [0.25, 0.3) is 0 Å². The third-order valence-electron chi connectivity index (χ3n) is 5.04. The monoisotopic (exact) mass is 421 g/mol. The molecule has 6 heteroatoms. The van der Waals surface area contributed by atoms with E-state index in [0.29, 0.717) is 32.1 Å². The number of benzene rings is 3. The second-order valence-electron chi connectivity index (χ2n) is 7.23. The number of carbonyl (C=O) groups is 1. The molecule has 3 aromatic rings. The maximum Gasteiger partial charge on any atom is 0.257 e. The largest absolute Gasteiger partial charge is 0.485 e. The fourth-order valence-corrected chi connectivity index (χ4v) is 3.33. The van der Waals surface area contributed by atoms with Crippen LogP contribution in [0.5, 0.6) is 11.5 Å². The van der Waals surface area contributed by atoms with E-state index in [2.05, 4.69) is 0 Å². The average molecular weight is 421 g/mol. The number of hydrogen-bond acceptors (Lipinski definition) is 4. The van der Waals surface area contributed by atoms with E-state index in [4.69, 9.17) is 14.2 Å². The smallest absolute Gasteiger partial charge is 0.257 e. The second kappa shape index (κ2) is 10.1. The Hall–Kier alpha value is -3.38. The van der Waals surface area contributed by atoms with Gasteiger partial charge in [0.05, 0.1) is 18.8 Å². The highest BCUT2D eigenvalue weighted by atomic mass is 19.1. The summed E-state index contributed by atoms with van der Waals surface area (Å²) in [5.74, 6) is -0.416. The van der Waals surface area contributed by atoms with Gasteiger partial charge in [-0.1, -0.05) is 60.7 Å². The van der Waals surface area contributed by atoms with Crippen molar-refractivity contribution in [1.29, 1.82) is 0 Å².